The Kier molecular flexibility index (Phi) is 6.62. The van der Waals surface area contributed by atoms with Crippen molar-refractivity contribution in [2.45, 2.75) is 6.61 Å². The summed E-state index contributed by atoms with van der Waals surface area (Å²) in [6.07, 6.45) is 3.32. The molecule has 0 aliphatic carbocycles. The summed E-state index contributed by atoms with van der Waals surface area (Å²) in [7, 11) is 1.50. The van der Waals surface area contributed by atoms with Crippen molar-refractivity contribution < 1.29 is 19.1 Å². The van der Waals surface area contributed by atoms with Gasteiger partial charge >= 0.3 is 6.03 Å². The average molecular weight is 392 g/mol. The number of amides is 3. The molecule has 0 spiro atoms. The number of rotatable bonds is 6. The van der Waals surface area contributed by atoms with Crippen molar-refractivity contribution in [3.63, 3.8) is 0 Å². The summed E-state index contributed by atoms with van der Waals surface area (Å²) in [5.74, 6) is 0.294. The summed E-state index contributed by atoms with van der Waals surface area (Å²) >= 11 is 0. The van der Waals surface area contributed by atoms with Crippen LogP contribution in [0.5, 0.6) is 11.5 Å². The van der Waals surface area contributed by atoms with E-state index in [4.69, 9.17) is 9.47 Å². The number of ether oxygens (including phenoxy) is 2. The molecule has 3 aromatic rings. The van der Waals surface area contributed by atoms with Crippen molar-refractivity contribution in [2.75, 3.05) is 12.4 Å². The number of aromatic nitrogens is 1. The lowest BCUT2D eigenvalue weighted by Crippen LogP contribution is -2.44. The summed E-state index contributed by atoms with van der Waals surface area (Å²) < 4.78 is 11.0. The lowest BCUT2D eigenvalue weighted by molar-refractivity contribution is 0.0933. The highest BCUT2D eigenvalue weighted by Crippen LogP contribution is 2.25. The number of carbonyl (C=O) groups excluding carboxylic acids is 2. The molecule has 8 heteroatoms. The summed E-state index contributed by atoms with van der Waals surface area (Å²) in [5, 5.41) is 2.61. The maximum Gasteiger partial charge on any atom is 0.337 e. The quantitative estimate of drug-likeness (QED) is 0.560. The van der Waals surface area contributed by atoms with Gasteiger partial charge in [-0.25, -0.2) is 10.2 Å². The Morgan fingerprint density at radius 2 is 1.72 bits per heavy atom. The van der Waals surface area contributed by atoms with Crippen molar-refractivity contribution >= 4 is 17.6 Å². The number of nitrogens with zero attached hydrogens (tertiary/aromatic N) is 1. The summed E-state index contributed by atoms with van der Waals surface area (Å²) in [6, 6.07) is 16.8. The van der Waals surface area contributed by atoms with Crippen LogP contribution in [0.2, 0.25) is 0 Å². The molecule has 0 saturated heterocycles. The first-order chi connectivity index (χ1) is 14.2. The van der Waals surface area contributed by atoms with Crippen LogP contribution in [-0.2, 0) is 6.61 Å². The average Bonchev–Trinajstić information content (AvgIpc) is 2.77. The molecule has 0 saturated carbocycles. The van der Waals surface area contributed by atoms with Crippen molar-refractivity contribution in [3.05, 3.63) is 84.2 Å². The van der Waals surface area contributed by atoms with E-state index in [-0.39, 0.29) is 12.2 Å². The predicted octanol–water partition coefficient (Wildman–Crippen LogP) is 3.14. The summed E-state index contributed by atoms with van der Waals surface area (Å²) in [6.45, 7) is 0.261. The second-order valence-electron chi connectivity index (χ2n) is 5.91. The maximum atomic E-state index is 12.6. The van der Waals surface area contributed by atoms with E-state index in [2.05, 4.69) is 21.2 Å². The lowest BCUT2D eigenvalue weighted by atomic mass is 10.1. The Morgan fingerprint density at radius 3 is 2.45 bits per heavy atom. The molecule has 1 aromatic heterocycles. The number of methoxy groups -OCH3 is 1. The van der Waals surface area contributed by atoms with Gasteiger partial charge in [0.2, 0.25) is 0 Å². The van der Waals surface area contributed by atoms with Gasteiger partial charge < -0.3 is 14.8 Å². The van der Waals surface area contributed by atoms with E-state index >= 15 is 0 Å². The van der Waals surface area contributed by atoms with Crippen LogP contribution in [0.1, 0.15) is 15.9 Å². The van der Waals surface area contributed by atoms with Crippen molar-refractivity contribution in [1.82, 2.24) is 15.8 Å². The highest BCUT2D eigenvalue weighted by molar-refractivity contribution is 5.99. The van der Waals surface area contributed by atoms with Crippen molar-refractivity contribution in [3.8, 4) is 11.5 Å². The number of hydrazine groups is 1. The Hall–Kier alpha value is -4.07. The van der Waals surface area contributed by atoms with E-state index in [1.807, 2.05) is 18.2 Å². The monoisotopic (exact) mass is 392 g/mol. The molecule has 0 fully saturated rings. The number of anilines is 1. The standard InChI is InChI=1S/C21H20N4O4/c1-28-17-7-8-19(29-14-15-9-11-22-12-10-15)18(13-17)20(26)24-25-21(27)23-16-5-3-2-4-6-16/h2-13H,14H2,1H3,(H,24,26)(H2,23,25,27). The Labute approximate surface area is 167 Å². The van der Waals surface area contributed by atoms with Gasteiger partial charge in [-0.15, -0.1) is 0 Å². The van der Waals surface area contributed by atoms with Crippen LogP contribution in [0.15, 0.2) is 73.1 Å². The van der Waals surface area contributed by atoms with Crippen LogP contribution < -0.4 is 25.6 Å². The van der Waals surface area contributed by atoms with E-state index in [1.54, 1.807) is 48.8 Å². The minimum atomic E-state index is -0.577. The molecular formula is C21H20N4O4. The van der Waals surface area contributed by atoms with E-state index in [1.165, 1.54) is 13.2 Å². The van der Waals surface area contributed by atoms with Gasteiger partial charge in [-0.05, 0) is 48.0 Å². The van der Waals surface area contributed by atoms with Crippen LogP contribution >= 0.6 is 0 Å². The van der Waals surface area contributed by atoms with E-state index in [0.29, 0.717) is 17.2 Å². The van der Waals surface area contributed by atoms with Gasteiger partial charge in [0.05, 0.1) is 12.7 Å². The zero-order chi connectivity index (χ0) is 20.5. The molecule has 8 nitrogen and oxygen atoms in total. The molecule has 3 rings (SSSR count). The molecule has 148 valence electrons. The van der Waals surface area contributed by atoms with Gasteiger partial charge in [-0.3, -0.25) is 15.2 Å². The fourth-order valence-corrected chi connectivity index (χ4v) is 2.44. The molecule has 1 heterocycles. The third-order valence-electron chi connectivity index (χ3n) is 3.90. The van der Waals surface area contributed by atoms with Gasteiger partial charge in [-0.2, -0.15) is 0 Å². The largest absolute Gasteiger partial charge is 0.497 e. The first kappa shape index (κ1) is 19.7. The SMILES string of the molecule is COc1ccc(OCc2ccncc2)c(C(=O)NNC(=O)Nc2ccccc2)c1. The highest BCUT2D eigenvalue weighted by Gasteiger charge is 2.15. The molecule has 0 atom stereocenters. The number of nitrogens with one attached hydrogen (secondary N) is 3. The smallest absolute Gasteiger partial charge is 0.337 e. The molecule has 0 unspecified atom stereocenters. The predicted molar refractivity (Wildman–Crippen MR) is 108 cm³/mol. The lowest BCUT2D eigenvalue weighted by Gasteiger charge is -2.14. The minimum Gasteiger partial charge on any atom is -0.497 e. The second-order valence-corrected chi connectivity index (χ2v) is 5.91. The van der Waals surface area contributed by atoms with Gasteiger partial charge in [0, 0.05) is 18.1 Å². The van der Waals surface area contributed by atoms with Gasteiger partial charge in [-0.1, -0.05) is 18.2 Å². The van der Waals surface area contributed by atoms with Crippen LogP contribution in [0, 0.1) is 0 Å². The normalized spacial score (nSPS) is 9.97. The number of hydrogen-bond donors (Lipinski definition) is 3. The molecule has 0 aliphatic rings. The van der Waals surface area contributed by atoms with Gasteiger partial charge in [0.15, 0.2) is 0 Å². The third kappa shape index (κ3) is 5.70. The molecule has 0 aliphatic heterocycles. The Balaban J connectivity index is 1.65. The zero-order valence-corrected chi connectivity index (χ0v) is 15.7. The van der Waals surface area contributed by atoms with E-state index in [0.717, 1.165) is 5.56 Å². The summed E-state index contributed by atoms with van der Waals surface area (Å²) in [5.41, 5.74) is 6.40. The van der Waals surface area contributed by atoms with Gasteiger partial charge in [0.1, 0.15) is 18.1 Å². The van der Waals surface area contributed by atoms with E-state index in [9.17, 15) is 9.59 Å². The van der Waals surface area contributed by atoms with E-state index < -0.39 is 11.9 Å². The molecule has 3 amide bonds. The first-order valence-corrected chi connectivity index (χ1v) is 8.78. The van der Waals surface area contributed by atoms with Crippen LogP contribution in [0.3, 0.4) is 0 Å². The number of benzene rings is 2. The number of hydrogen-bond acceptors (Lipinski definition) is 5. The molecule has 3 N–H and O–H groups in total. The number of pyridine rings is 1. The molecular weight excluding hydrogens is 372 g/mol. The zero-order valence-electron chi connectivity index (χ0n) is 15.7. The third-order valence-corrected chi connectivity index (χ3v) is 3.90. The fourth-order valence-electron chi connectivity index (χ4n) is 2.44. The van der Waals surface area contributed by atoms with Crippen LogP contribution in [0.25, 0.3) is 0 Å². The summed E-state index contributed by atoms with van der Waals surface area (Å²) in [4.78, 5) is 28.5. The minimum absolute atomic E-state index is 0.221. The highest BCUT2D eigenvalue weighted by atomic mass is 16.5. The Bertz CT molecular complexity index is 965. The number of urea groups is 1. The second kappa shape index (κ2) is 9.75. The van der Waals surface area contributed by atoms with Gasteiger partial charge in [0.25, 0.3) is 5.91 Å². The number of para-hydroxylation sites is 1. The Morgan fingerprint density at radius 1 is 0.966 bits per heavy atom. The molecule has 0 bridgehead atoms. The molecule has 29 heavy (non-hydrogen) atoms. The number of carbonyl (C=O) groups is 2. The molecule has 2 aromatic carbocycles. The maximum absolute atomic E-state index is 12.6. The fraction of sp³-hybridized carbons (Fsp3) is 0.0952. The molecule has 0 radical (unpaired) electrons. The van der Waals surface area contributed by atoms with Crippen LogP contribution in [0.4, 0.5) is 10.5 Å². The van der Waals surface area contributed by atoms with Crippen molar-refractivity contribution in [1.29, 1.82) is 0 Å². The topological polar surface area (TPSA) is 102 Å². The van der Waals surface area contributed by atoms with Crippen LogP contribution in [-0.4, -0.2) is 24.0 Å². The first-order valence-electron chi connectivity index (χ1n) is 8.78. The van der Waals surface area contributed by atoms with Crippen molar-refractivity contribution in [2.24, 2.45) is 0 Å².